The van der Waals surface area contributed by atoms with E-state index >= 15 is 0 Å². The van der Waals surface area contributed by atoms with Crippen LogP contribution in [0.3, 0.4) is 0 Å². The standard InChI is InChI=1S/C28H53NO9Si3/c1-12-24(3)33-19-14-16-27(30)35-23-26(36-28(31)29-17-20-34-25(4)13-2)22-32-18-15-21-41(11,37-39(5,6)7)38-40(8,9)10/h12-13,26H,1-4,14-23H2,5-11H3,(H,29,31). The molecule has 0 aliphatic rings. The van der Waals surface area contributed by atoms with Gasteiger partial charge in [-0.3, -0.25) is 4.79 Å². The number of amides is 1. The number of alkyl carbamates (subject to hydrolysis) is 1. The number of hydrogen-bond acceptors (Lipinski definition) is 9. The fourth-order valence-corrected chi connectivity index (χ4v) is 16.1. The van der Waals surface area contributed by atoms with Gasteiger partial charge >= 0.3 is 20.6 Å². The Kier molecular flexibility index (Phi) is 18.8. The smallest absolute Gasteiger partial charge is 0.407 e. The zero-order valence-electron chi connectivity index (χ0n) is 26.3. The minimum atomic E-state index is -2.38. The second-order valence-corrected chi connectivity index (χ2v) is 24.4. The largest absolute Gasteiger partial charge is 0.494 e. The van der Waals surface area contributed by atoms with Gasteiger partial charge in [-0.2, -0.15) is 0 Å². The summed E-state index contributed by atoms with van der Waals surface area (Å²) in [6.07, 6.45) is 2.83. The second-order valence-electron chi connectivity index (χ2n) is 11.5. The van der Waals surface area contributed by atoms with Crippen LogP contribution in [0.5, 0.6) is 0 Å². The first-order chi connectivity index (χ1) is 19.0. The molecule has 0 radical (unpaired) electrons. The van der Waals surface area contributed by atoms with Gasteiger partial charge in [-0.15, -0.1) is 0 Å². The third-order valence-corrected chi connectivity index (χ3v) is 14.5. The third kappa shape index (κ3) is 23.1. The van der Waals surface area contributed by atoms with E-state index < -0.39 is 43.4 Å². The van der Waals surface area contributed by atoms with E-state index in [0.29, 0.717) is 31.2 Å². The van der Waals surface area contributed by atoms with Crippen LogP contribution in [0.25, 0.3) is 0 Å². The Balaban J connectivity index is 4.89. The number of allylic oxidation sites excluding steroid dienone is 2. The molecule has 10 nitrogen and oxygen atoms in total. The Bertz CT molecular complexity index is 838. The lowest BCUT2D eigenvalue weighted by Gasteiger charge is -2.38. The quantitative estimate of drug-likeness (QED) is 0.0450. The molecule has 0 aliphatic carbocycles. The Morgan fingerprint density at radius 2 is 1.34 bits per heavy atom. The summed E-state index contributed by atoms with van der Waals surface area (Å²) in [5.41, 5.74) is 0. The van der Waals surface area contributed by atoms with Crippen LogP contribution in [0, 0.1) is 0 Å². The number of hydrogen-bond donors (Lipinski definition) is 1. The van der Waals surface area contributed by atoms with E-state index in [2.05, 4.69) is 77.5 Å². The highest BCUT2D eigenvalue weighted by molar-refractivity contribution is 6.87. The Morgan fingerprint density at radius 3 is 1.88 bits per heavy atom. The van der Waals surface area contributed by atoms with Crippen molar-refractivity contribution >= 4 is 37.3 Å². The highest BCUT2D eigenvalue weighted by atomic mass is 28.5. The molecule has 0 fully saturated rings. The van der Waals surface area contributed by atoms with Crippen molar-refractivity contribution in [3.8, 4) is 0 Å². The summed E-state index contributed by atoms with van der Waals surface area (Å²) in [4.78, 5) is 24.5. The Morgan fingerprint density at radius 1 is 0.780 bits per heavy atom. The van der Waals surface area contributed by atoms with Crippen LogP contribution in [0.15, 0.2) is 50.0 Å². The molecule has 41 heavy (non-hydrogen) atoms. The van der Waals surface area contributed by atoms with Gasteiger partial charge in [0.1, 0.15) is 24.7 Å². The summed E-state index contributed by atoms with van der Waals surface area (Å²) >= 11 is 0. The monoisotopic (exact) mass is 631 g/mol. The van der Waals surface area contributed by atoms with Crippen molar-refractivity contribution in [2.75, 3.05) is 39.6 Å². The number of carbonyl (C=O) groups excluding carboxylic acids is 2. The minimum absolute atomic E-state index is 0.0643. The molecule has 0 spiro atoms. The molecule has 0 aromatic rings. The number of esters is 1. The first-order valence-electron chi connectivity index (χ1n) is 13.9. The Hall–Kier alpha value is -2.17. The summed E-state index contributed by atoms with van der Waals surface area (Å²) in [5, 5.41) is 2.59. The van der Waals surface area contributed by atoms with E-state index in [9.17, 15) is 9.59 Å². The minimum Gasteiger partial charge on any atom is -0.494 e. The summed E-state index contributed by atoms with van der Waals surface area (Å²) in [5.74, 6) is 0.412. The topological polar surface area (TPSA) is 111 Å². The van der Waals surface area contributed by atoms with Crippen molar-refractivity contribution < 1.29 is 41.5 Å². The van der Waals surface area contributed by atoms with Crippen molar-refractivity contribution in [3.05, 3.63) is 50.0 Å². The van der Waals surface area contributed by atoms with Gasteiger partial charge in [-0.1, -0.05) is 26.3 Å². The number of rotatable bonds is 24. The summed E-state index contributed by atoms with van der Waals surface area (Å²) in [6, 6.07) is 0.791. The van der Waals surface area contributed by atoms with Crippen LogP contribution in [0.4, 0.5) is 4.79 Å². The molecule has 0 saturated carbocycles. The molecule has 1 atom stereocenters. The predicted molar refractivity (Wildman–Crippen MR) is 170 cm³/mol. The van der Waals surface area contributed by atoms with Crippen LogP contribution in [-0.4, -0.2) is 82.9 Å². The highest BCUT2D eigenvalue weighted by Crippen LogP contribution is 2.25. The van der Waals surface area contributed by atoms with E-state index in [4.69, 9.17) is 31.9 Å². The van der Waals surface area contributed by atoms with Gasteiger partial charge in [-0.05, 0) is 76.9 Å². The lowest BCUT2D eigenvalue weighted by atomic mass is 10.3. The molecular weight excluding hydrogens is 579 g/mol. The molecule has 0 aromatic carbocycles. The maximum atomic E-state index is 12.3. The van der Waals surface area contributed by atoms with Gasteiger partial charge in [-0.25, -0.2) is 4.79 Å². The van der Waals surface area contributed by atoms with Gasteiger partial charge < -0.3 is 37.2 Å². The van der Waals surface area contributed by atoms with Crippen LogP contribution < -0.4 is 5.32 Å². The average molecular weight is 632 g/mol. The molecule has 0 aliphatic heterocycles. The highest BCUT2D eigenvalue weighted by Gasteiger charge is 2.39. The maximum Gasteiger partial charge on any atom is 0.407 e. The van der Waals surface area contributed by atoms with Crippen molar-refractivity contribution in [2.24, 2.45) is 0 Å². The molecule has 13 heteroatoms. The molecule has 1 N–H and O–H groups in total. The first-order valence-corrected chi connectivity index (χ1v) is 23.3. The van der Waals surface area contributed by atoms with Gasteiger partial charge in [0, 0.05) is 13.0 Å². The molecule has 1 unspecified atom stereocenters. The second kappa shape index (κ2) is 19.9. The predicted octanol–water partition coefficient (Wildman–Crippen LogP) is 6.02. The molecule has 0 saturated heterocycles. The first kappa shape index (κ1) is 38.8. The van der Waals surface area contributed by atoms with Gasteiger partial charge in [0.2, 0.25) is 0 Å². The van der Waals surface area contributed by atoms with E-state index in [1.807, 2.05) is 0 Å². The van der Waals surface area contributed by atoms with Crippen molar-refractivity contribution in [1.82, 2.24) is 5.32 Å². The summed E-state index contributed by atoms with van der Waals surface area (Å²) in [6.45, 7) is 30.6. The fraction of sp³-hybridized carbons (Fsp3) is 0.643. The Labute approximate surface area is 250 Å². The zero-order chi connectivity index (χ0) is 31.5. The maximum absolute atomic E-state index is 12.3. The molecular formula is C28H53NO9Si3. The average Bonchev–Trinajstić information content (AvgIpc) is 2.84. The van der Waals surface area contributed by atoms with Crippen LogP contribution in [-0.2, 0) is 36.7 Å². The fourth-order valence-electron chi connectivity index (χ4n) is 3.57. The van der Waals surface area contributed by atoms with E-state index in [0.717, 1.165) is 12.5 Å². The summed E-state index contributed by atoms with van der Waals surface area (Å²) in [7, 11) is -5.96. The molecule has 0 heterocycles. The normalized spacial score (nSPS) is 12.6. The molecule has 236 valence electrons. The zero-order valence-corrected chi connectivity index (χ0v) is 29.3. The van der Waals surface area contributed by atoms with E-state index in [-0.39, 0.29) is 32.8 Å². The van der Waals surface area contributed by atoms with Crippen LogP contribution >= 0.6 is 0 Å². The van der Waals surface area contributed by atoms with Crippen molar-refractivity contribution in [2.45, 2.75) is 77.2 Å². The lowest BCUT2D eigenvalue weighted by molar-refractivity contribution is -0.148. The third-order valence-electron chi connectivity index (χ3n) is 4.90. The number of carbonyl (C=O) groups is 2. The number of nitrogens with one attached hydrogen (secondary N) is 1. The van der Waals surface area contributed by atoms with E-state index in [1.54, 1.807) is 0 Å². The van der Waals surface area contributed by atoms with Gasteiger partial charge in [0.05, 0.1) is 19.8 Å². The molecule has 0 bridgehead atoms. The van der Waals surface area contributed by atoms with E-state index in [1.165, 1.54) is 12.2 Å². The summed E-state index contributed by atoms with van der Waals surface area (Å²) < 4.78 is 40.3. The molecule has 0 rings (SSSR count). The van der Waals surface area contributed by atoms with Crippen molar-refractivity contribution in [1.29, 1.82) is 0 Å². The lowest BCUT2D eigenvalue weighted by Crippen LogP contribution is -2.52. The van der Waals surface area contributed by atoms with Crippen LogP contribution in [0.2, 0.25) is 51.9 Å². The SMILES string of the molecule is C=CC(=C)OCCCC(=O)OCC(COCCC[Si](C)(O[Si](C)(C)C)O[Si](C)(C)C)OC(=O)NCCOC(=C)C=C. The van der Waals surface area contributed by atoms with Gasteiger partial charge in [0.15, 0.2) is 22.7 Å². The van der Waals surface area contributed by atoms with Crippen molar-refractivity contribution in [3.63, 3.8) is 0 Å². The number of ether oxygens (including phenoxy) is 5. The van der Waals surface area contributed by atoms with Gasteiger partial charge in [0.25, 0.3) is 0 Å². The molecule has 1 amide bonds. The molecule has 0 aromatic heterocycles. The van der Waals surface area contributed by atoms with Crippen LogP contribution in [0.1, 0.15) is 19.3 Å².